The maximum atomic E-state index is 2.42. The van der Waals surface area contributed by atoms with Crippen molar-refractivity contribution in [3.8, 4) is 0 Å². The minimum atomic E-state index is 0.945. The molecule has 76 valence electrons. The average molecular weight is 180 g/mol. The van der Waals surface area contributed by atoms with Crippen LogP contribution >= 0.6 is 0 Å². The lowest BCUT2D eigenvalue weighted by Gasteiger charge is -2.48. The van der Waals surface area contributed by atoms with Crippen LogP contribution in [0.15, 0.2) is 0 Å². The van der Waals surface area contributed by atoms with Gasteiger partial charge in [-0.15, -0.1) is 0 Å². The molecule has 3 atom stereocenters. The lowest BCUT2D eigenvalue weighted by molar-refractivity contribution is 0.0138. The first kappa shape index (κ1) is 9.55. The van der Waals surface area contributed by atoms with Crippen molar-refractivity contribution in [3.05, 3.63) is 0 Å². The molecular formula is C13H24. The van der Waals surface area contributed by atoms with Crippen LogP contribution in [0.5, 0.6) is 0 Å². The summed E-state index contributed by atoms with van der Waals surface area (Å²) in [6.45, 7) is 4.83. The van der Waals surface area contributed by atoms with Crippen molar-refractivity contribution in [2.45, 2.75) is 58.8 Å². The zero-order valence-electron chi connectivity index (χ0n) is 9.26. The normalized spacial score (nSPS) is 40.4. The molecule has 0 heterocycles. The third-order valence-corrected chi connectivity index (χ3v) is 4.45. The highest BCUT2D eigenvalue weighted by Crippen LogP contribution is 2.50. The van der Waals surface area contributed by atoms with Gasteiger partial charge in [-0.2, -0.15) is 0 Å². The Morgan fingerprint density at radius 2 is 1.62 bits per heavy atom. The first-order valence-electron chi connectivity index (χ1n) is 6.29. The van der Waals surface area contributed by atoms with Crippen molar-refractivity contribution in [1.82, 2.24) is 0 Å². The van der Waals surface area contributed by atoms with Gasteiger partial charge in [-0.3, -0.25) is 0 Å². The molecule has 2 saturated carbocycles. The monoisotopic (exact) mass is 180 g/mol. The van der Waals surface area contributed by atoms with Gasteiger partial charge in [-0.05, 0) is 36.5 Å². The molecule has 2 fully saturated rings. The number of rotatable bonds is 1. The minimum absolute atomic E-state index is 0.945. The summed E-state index contributed by atoms with van der Waals surface area (Å²) in [5, 5.41) is 0. The van der Waals surface area contributed by atoms with Gasteiger partial charge in [0.1, 0.15) is 0 Å². The Labute approximate surface area is 83.1 Å². The summed E-state index contributed by atoms with van der Waals surface area (Å²) in [6, 6.07) is 0. The Morgan fingerprint density at radius 3 is 2.31 bits per heavy atom. The van der Waals surface area contributed by atoms with E-state index in [4.69, 9.17) is 0 Å². The Balaban J connectivity index is 1.88. The fourth-order valence-electron chi connectivity index (χ4n) is 3.54. The maximum Gasteiger partial charge on any atom is -0.0355 e. The molecule has 13 heavy (non-hydrogen) atoms. The third kappa shape index (κ3) is 1.92. The molecule has 0 aromatic rings. The molecule has 0 amide bonds. The van der Waals surface area contributed by atoms with E-state index in [1.54, 1.807) is 19.3 Å². The Hall–Kier alpha value is 0. The quantitative estimate of drug-likeness (QED) is 0.566. The van der Waals surface area contributed by atoms with E-state index in [0.717, 1.165) is 23.7 Å². The summed E-state index contributed by atoms with van der Waals surface area (Å²) in [4.78, 5) is 0. The molecule has 0 spiro atoms. The van der Waals surface area contributed by atoms with Crippen LogP contribution in [-0.2, 0) is 0 Å². The van der Waals surface area contributed by atoms with Gasteiger partial charge in [0.05, 0.1) is 0 Å². The highest BCUT2D eigenvalue weighted by molar-refractivity contribution is 4.91. The molecular weight excluding hydrogens is 156 g/mol. The van der Waals surface area contributed by atoms with Crippen molar-refractivity contribution < 1.29 is 0 Å². The highest BCUT2D eigenvalue weighted by Gasteiger charge is 2.41. The van der Waals surface area contributed by atoms with Gasteiger partial charge in [0.15, 0.2) is 0 Å². The molecule has 1 unspecified atom stereocenters. The van der Waals surface area contributed by atoms with Crippen LogP contribution in [0.25, 0.3) is 0 Å². The van der Waals surface area contributed by atoms with Crippen LogP contribution in [-0.4, -0.2) is 0 Å². The Kier molecular flexibility index (Phi) is 2.96. The summed E-state index contributed by atoms with van der Waals surface area (Å²) in [7, 11) is 0. The van der Waals surface area contributed by atoms with Crippen molar-refractivity contribution >= 4 is 0 Å². The van der Waals surface area contributed by atoms with E-state index in [1.807, 2.05) is 0 Å². The van der Waals surface area contributed by atoms with E-state index in [2.05, 4.69) is 13.8 Å². The second-order valence-corrected chi connectivity index (χ2v) is 5.56. The molecule has 0 saturated heterocycles. The minimum Gasteiger partial charge on any atom is -0.0625 e. The summed E-state index contributed by atoms with van der Waals surface area (Å²) < 4.78 is 0. The first-order valence-corrected chi connectivity index (χ1v) is 6.29. The molecule has 0 radical (unpaired) electrons. The van der Waals surface area contributed by atoms with Gasteiger partial charge >= 0.3 is 0 Å². The van der Waals surface area contributed by atoms with E-state index in [9.17, 15) is 0 Å². The standard InChI is InChI=1S/C13H24/c1-10(2)13-9-11-7-5-3-4-6-8-12(11)13/h10-13H,3-9H2,1-2H3/t11-,12-,13?/m1/s1. The zero-order chi connectivity index (χ0) is 9.26. The molecule has 0 heteroatoms. The lowest BCUT2D eigenvalue weighted by Crippen LogP contribution is -2.40. The van der Waals surface area contributed by atoms with E-state index < -0.39 is 0 Å². The number of fused-ring (bicyclic) bond motifs is 1. The first-order chi connectivity index (χ1) is 6.29. The third-order valence-electron chi connectivity index (χ3n) is 4.45. The van der Waals surface area contributed by atoms with Crippen molar-refractivity contribution in [3.63, 3.8) is 0 Å². The molecule has 0 aliphatic heterocycles. The molecule has 0 N–H and O–H groups in total. The van der Waals surface area contributed by atoms with E-state index in [1.165, 1.54) is 25.7 Å². The SMILES string of the molecule is CC(C)C1C[C@H]2CCCCCC[C@@H]12. The topological polar surface area (TPSA) is 0 Å². The van der Waals surface area contributed by atoms with Gasteiger partial charge in [0.2, 0.25) is 0 Å². The average Bonchev–Trinajstić information content (AvgIpc) is 2.03. The van der Waals surface area contributed by atoms with Crippen LogP contribution in [0.4, 0.5) is 0 Å². The predicted molar refractivity (Wildman–Crippen MR) is 57.6 cm³/mol. The second-order valence-electron chi connectivity index (χ2n) is 5.56. The van der Waals surface area contributed by atoms with Crippen LogP contribution in [0, 0.1) is 23.7 Å². The molecule has 0 aromatic heterocycles. The van der Waals surface area contributed by atoms with Gasteiger partial charge in [-0.1, -0.05) is 46.0 Å². The summed E-state index contributed by atoms with van der Waals surface area (Å²) in [5.41, 5.74) is 0. The molecule has 0 bridgehead atoms. The summed E-state index contributed by atoms with van der Waals surface area (Å²) in [5.74, 6) is 4.29. The molecule has 2 aliphatic carbocycles. The molecule has 2 rings (SSSR count). The Morgan fingerprint density at radius 1 is 0.923 bits per heavy atom. The zero-order valence-corrected chi connectivity index (χ0v) is 9.26. The van der Waals surface area contributed by atoms with E-state index in [0.29, 0.717) is 0 Å². The summed E-state index contributed by atoms with van der Waals surface area (Å²) in [6.07, 6.45) is 10.7. The van der Waals surface area contributed by atoms with Crippen LogP contribution < -0.4 is 0 Å². The molecule has 2 aliphatic rings. The highest BCUT2D eigenvalue weighted by atomic mass is 14.5. The van der Waals surface area contributed by atoms with Crippen molar-refractivity contribution in [1.29, 1.82) is 0 Å². The van der Waals surface area contributed by atoms with E-state index >= 15 is 0 Å². The van der Waals surface area contributed by atoms with Gasteiger partial charge in [-0.25, -0.2) is 0 Å². The summed E-state index contributed by atoms with van der Waals surface area (Å²) >= 11 is 0. The van der Waals surface area contributed by atoms with Crippen LogP contribution in [0.1, 0.15) is 58.8 Å². The van der Waals surface area contributed by atoms with Crippen molar-refractivity contribution in [2.24, 2.45) is 23.7 Å². The number of hydrogen-bond acceptors (Lipinski definition) is 0. The fourth-order valence-corrected chi connectivity index (χ4v) is 3.54. The van der Waals surface area contributed by atoms with E-state index in [-0.39, 0.29) is 0 Å². The smallest absolute Gasteiger partial charge is 0.0355 e. The van der Waals surface area contributed by atoms with Gasteiger partial charge in [0, 0.05) is 0 Å². The Bertz CT molecular complexity index is 159. The fraction of sp³-hybridized carbons (Fsp3) is 1.00. The van der Waals surface area contributed by atoms with Gasteiger partial charge in [0.25, 0.3) is 0 Å². The molecule has 0 nitrogen and oxygen atoms in total. The van der Waals surface area contributed by atoms with Crippen LogP contribution in [0.2, 0.25) is 0 Å². The molecule has 0 aromatic carbocycles. The largest absolute Gasteiger partial charge is 0.0625 e. The van der Waals surface area contributed by atoms with Crippen LogP contribution in [0.3, 0.4) is 0 Å². The maximum absolute atomic E-state index is 2.42. The predicted octanol–water partition coefficient (Wildman–Crippen LogP) is 4.25. The lowest BCUT2D eigenvalue weighted by atomic mass is 9.57. The van der Waals surface area contributed by atoms with Crippen molar-refractivity contribution in [2.75, 3.05) is 0 Å². The second kappa shape index (κ2) is 4.02. The van der Waals surface area contributed by atoms with Gasteiger partial charge < -0.3 is 0 Å². The number of hydrogen-bond donors (Lipinski definition) is 0.